The van der Waals surface area contributed by atoms with Crippen LogP contribution >= 0.6 is 0 Å². The van der Waals surface area contributed by atoms with Gasteiger partial charge in [0.25, 0.3) is 11.7 Å². The molecule has 4 heterocycles. The molecule has 1 aromatic rings. The third kappa shape index (κ3) is 14.2. The Bertz CT molecular complexity index is 2020. The maximum atomic E-state index is 14.6. The molecular weight excluding hydrogens is 883 g/mol. The van der Waals surface area contributed by atoms with Crippen LogP contribution in [0.2, 0.25) is 0 Å². The highest BCUT2D eigenvalue weighted by Gasteiger charge is 2.51. The maximum Gasteiger partial charge on any atom is 0.329 e. The van der Waals surface area contributed by atoms with Crippen LogP contribution < -0.4 is 0 Å². The lowest BCUT2D eigenvalue weighted by atomic mass is 9.77. The first kappa shape index (κ1) is 55.7. The van der Waals surface area contributed by atoms with Crippen molar-refractivity contribution in [3.63, 3.8) is 0 Å². The van der Waals surface area contributed by atoms with E-state index >= 15 is 0 Å². The van der Waals surface area contributed by atoms with Gasteiger partial charge in [0.15, 0.2) is 5.78 Å². The van der Waals surface area contributed by atoms with E-state index in [-0.39, 0.29) is 72.6 Å². The van der Waals surface area contributed by atoms with Gasteiger partial charge in [-0.2, -0.15) is 0 Å². The monoisotopic (exact) mass is 964 g/mol. The SMILES string of the molecule is CO[C@H]1C[C@@H]2CC[C@@H](C)[C@@](C)(O2)C(=O)C(=O)N2CCCC[C@H]2C(=O)O[C@H]([C@H](C)C[C@@H]2CC[C@H](n3cnnn3)[C@H](OC)C2)CC(=O)[C@H](C)/C=C(\C)[C@@H](O)[C@@H](OC)C(=O)[C@H](C)C[C@H](C)/C=C/C=C/C=C/1C. The minimum atomic E-state index is -1.43. The summed E-state index contributed by atoms with van der Waals surface area (Å²) in [7, 11) is 4.71. The number of nitrogens with zero attached hydrogens (tertiary/aromatic N) is 5. The summed E-state index contributed by atoms with van der Waals surface area (Å²) in [6, 6.07) is -1.07. The number of aromatic nitrogens is 4. The molecule has 384 valence electrons. The summed E-state index contributed by atoms with van der Waals surface area (Å²) in [6.45, 7) is 15.0. The number of hydrogen-bond acceptors (Lipinski definition) is 14. The minimum Gasteiger partial charge on any atom is -0.460 e. The van der Waals surface area contributed by atoms with E-state index < -0.39 is 59.5 Å². The van der Waals surface area contributed by atoms with E-state index in [1.54, 1.807) is 52.1 Å². The molecule has 0 aromatic carbocycles. The van der Waals surface area contributed by atoms with Gasteiger partial charge in [0.2, 0.25) is 0 Å². The number of carbonyl (C=O) groups excluding carboxylic acids is 5. The number of Topliss-reactive ketones (excluding diaryl/α,β-unsaturated/α-hetero) is 3. The van der Waals surface area contributed by atoms with E-state index in [1.807, 2.05) is 65.0 Å². The highest BCUT2D eigenvalue weighted by molar-refractivity contribution is 6.39. The molecule has 3 fully saturated rings. The van der Waals surface area contributed by atoms with Gasteiger partial charge in [-0.15, -0.1) is 5.10 Å². The molecule has 69 heavy (non-hydrogen) atoms. The van der Waals surface area contributed by atoms with Gasteiger partial charge in [0.1, 0.15) is 42.1 Å². The number of piperidine rings is 1. The number of ketones is 3. The second kappa shape index (κ2) is 25.8. The number of amides is 1. The van der Waals surface area contributed by atoms with Gasteiger partial charge >= 0.3 is 5.97 Å². The van der Waals surface area contributed by atoms with Crippen molar-refractivity contribution in [2.45, 2.75) is 187 Å². The first-order chi connectivity index (χ1) is 32.8. The number of cyclic esters (lactones) is 1. The van der Waals surface area contributed by atoms with Crippen molar-refractivity contribution in [3.05, 3.63) is 53.9 Å². The zero-order chi connectivity index (χ0) is 50.6. The number of hydrogen-bond donors (Lipinski definition) is 1. The summed E-state index contributed by atoms with van der Waals surface area (Å²) >= 11 is 0. The van der Waals surface area contributed by atoms with Gasteiger partial charge in [-0.1, -0.05) is 71.1 Å². The van der Waals surface area contributed by atoms with Crippen LogP contribution in [-0.2, 0) is 47.7 Å². The van der Waals surface area contributed by atoms with Crippen molar-refractivity contribution in [2.75, 3.05) is 27.9 Å². The Morgan fingerprint density at radius 1 is 0.884 bits per heavy atom. The summed E-state index contributed by atoms with van der Waals surface area (Å²) in [5, 5.41) is 23.3. The Labute approximate surface area is 410 Å². The molecule has 0 radical (unpaired) electrons. The first-order valence-electron chi connectivity index (χ1n) is 25.3. The molecule has 0 unspecified atom stereocenters. The van der Waals surface area contributed by atoms with E-state index in [0.29, 0.717) is 63.4 Å². The third-order valence-electron chi connectivity index (χ3n) is 15.6. The van der Waals surface area contributed by atoms with Crippen LogP contribution in [0.25, 0.3) is 0 Å². The molecule has 16 heteroatoms. The summed E-state index contributed by atoms with van der Waals surface area (Å²) in [4.78, 5) is 73.0. The van der Waals surface area contributed by atoms with E-state index in [4.69, 9.17) is 23.7 Å². The van der Waals surface area contributed by atoms with Crippen molar-refractivity contribution in [1.29, 1.82) is 0 Å². The van der Waals surface area contributed by atoms with E-state index in [1.165, 1.54) is 12.0 Å². The first-order valence-corrected chi connectivity index (χ1v) is 25.3. The topological polar surface area (TPSA) is 199 Å². The number of allylic oxidation sites excluding steroid dienone is 6. The predicted octanol–water partition coefficient (Wildman–Crippen LogP) is 7.12. The minimum absolute atomic E-state index is 0.0340. The molecule has 15 atom stereocenters. The van der Waals surface area contributed by atoms with Gasteiger partial charge in [0.05, 0.1) is 24.4 Å². The number of esters is 1. The fourth-order valence-electron chi connectivity index (χ4n) is 11.0. The highest BCUT2D eigenvalue weighted by Crippen LogP contribution is 2.40. The van der Waals surface area contributed by atoms with Gasteiger partial charge in [-0.3, -0.25) is 19.2 Å². The van der Waals surface area contributed by atoms with Crippen LogP contribution in [0.15, 0.2) is 53.9 Å². The van der Waals surface area contributed by atoms with Crippen LogP contribution in [0.5, 0.6) is 0 Å². The zero-order valence-electron chi connectivity index (χ0n) is 43.1. The molecule has 1 amide bonds. The van der Waals surface area contributed by atoms with Crippen LogP contribution in [0.1, 0.15) is 138 Å². The van der Waals surface area contributed by atoms with Gasteiger partial charge in [-0.25, -0.2) is 9.48 Å². The van der Waals surface area contributed by atoms with Crippen LogP contribution in [0.3, 0.4) is 0 Å². The number of aliphatic hydroxyl groups is 1. The zero-order valence-corrected chi connectivity index (χ0v) is 43.1. The van der Waals surface area contributed by atoms with E-state index in [9.17, 15) is 29.1 Å². The number of carbonyl (C=O) groups is 5. The number of aliphatic hydroxyl groups excluding tert-OH is 1. The molecule has 1 aliphatic carbocycles. The number of fused-ring (bicyclic) bond motifs is 3. The Balaban J connectivity index is 1.46. The van der Waals surface area contributed by atoms with Crippen LogP contribution in [0, 0.1) is 35.5 Å². The molecular formula is C53H81N5O11. The molecule has 2 saturated heterocycles. The lowest BCUT2D eigenvalue weighted by molar-refractivity contribution is -0.184. The van der Waals surface area contributed by atoms with E-state index in [0.717, 1.165) is 18.4 Å². The Morgan fingerprint density at radius 2 is 1.64 bits per heavy atom. The second-order valence-corrected chi connectivity index (χ2v) is 20.8. The summed E-state index contributed by atoms with van der Waals surface area (Å²) in [6.07, 6.45) is 15.6. The maximum absolute atomic E-state index is 14.6. The molecule has 16 nitrogen and oxygen atoms in total. The molecule has 0 spiro atoms. The smallest absolute Gasteiger partial charge is 0.329 e. The summed E-state index contributed by atoms with van der Waals surface area (Å²) in [5.74, 6) is -4.08. The number of methoxy groups -OCH3 is 3. The lowest BCUT2D eigenvalue weighted by Gasteiger charge is -2.44. The summed E-state index contributed by atoms with van der Waals surface area (Å²) < 4.78 is 32.2. The largest absolute Gasteiger partial charge is 0.460 e. The van der Waals surface area contributed by atoms with Crippen molar-refractivity contribution in [3.8, 4) is 0 Å². The molecule has 1 N–H and O–H groups in total. The van der Waals surface area contributed by atoms with Crippen molar-refractivity contribution in [2.24, 2.45) is 35.5 Å². The second-order valence-electron chi connectivity index (χ2n) is 20.8. The van der Waals surface area contributed by atoms with Crippen molar-refractivity contribution >= 4 is 29.2 Å². The van der Waals surface area contributed by atoms with Gasteiger partial charge in [-0.05, 0) is 130 Å². The Morgan fingerprint density at radius 3 is 2.32 bits per heavy atom. The molecule has 4 aliphatic rings. The van der Waals surface area contributed by atoms with Crippen molar-refractivity contribution in [1.82, 2.24) is 25.1 Å². The van der Waals surface area contributed by atoms with Crippen LogP contribution in [0.4, 0.5) is 0 Å². The number of tetrazole rings is 1. The predicted molar refractivity (Wildman–Crippen MR) is 259 cm³/mol. The molecule has 2 bridgehead atoms. The quantitative estimate of drug-likeness (QED) is 0.165. The van der Waals surface area contributed by atoms with E-state index in [2.05, 4.69) is 15.5 Å². The highest BCUT2D eigenvalue weighted by atomic mass is 16.5. The Kier molecular flexibility index (Phi) is 20.8. The number of rotatable bonds is 7. The molecule has 1 aromatic heterocycles. The standard InChI is InChI=1S/C53H81N5O11/c1-32-17-13-12-14-18-33(2)44(65-9)29-40-22-20-38(7)53(8,69-40)50(62)51(63)57-24-16-15-19-42(57)52(64)68-45(35(4)27-39-21-23-41(46(28-39)66-10)58-31-54-55-56-58)30-43(59)34(3)26-37(6)48(61)49(67-11)47(60)36(5)25-32/h12-14,17-18,26,31-32,34-36,38-42,44-46,48-49,61H,15-16,19-25,27-30H2,1-11H3/b14-12+,17-13+,33-18+,37-26+/t32-,34-,35-,36-,38-,39+,40+,41+,42+,44+,45+,46-,48-,49+,53-/m1/s1. The van der Waals surface area contributed by atoms with Crippen molar-refractivity contribution < 1.29 is 52.8 Å². The molecule has 1 saturated carbocycles. The average molecular weight is 964 g/mol. The molecule has 5 rings (SSSR count). The van der Waals surface area contributed by atoms with Gasteiger partial charge in [0, 0.05) is 52.6 Å². The average Bonchev–Trinajstić information content (AvgIpc) is 3.88. The molecule has 3 aliphatic heterocycles. The third-order valence-corrected chi connectivity index (χ3v) is 15.6. The van der Waals surface area contributed by atoms with Gasteiger partial charge < -0.3 is 33.7 Å². The Hall–Kier alpha value is -4.22. The number of ether oxygens (including phenoxy) is 5. The fourth-order valence-corrected chi connectivity index (χ4v) is 11.0. The summed E-state index contributed by atoms with van der Waals surface area (Å²) in [5.41, 5.74) is -0.0597. The normalized spacial score (nSPS) is 38.8. The fraction of sp³-hybridized carbons (Fsp3) is 0.736. The van der Waals surface area contributed by atoms with Crippen LogP contribution in [-0.4, -0.2) is 136 Å². The lowest BCUT2D eigenvalue weighted by Crippen LogP contribution is -2.59.